The molecule has 1 atom stereocenters. The largest absolute Gasteiger partial charge is 0.324 e. The smallest absolute Gasteiger partial charge is 0.321 e. The van der Waals surface area contributed by atoms with Gasteiger partial charge in [-0.25, -0.2) is 9.48 Å². The second-order valence-electron chi connectivity index (χ2n) is 6.77. The van der Waals surface area contributed by atoms with Crippen LogP contribution in [0.3, 0.4) is 0 Å². The summed E-state index contributed by atoms with van der Waals surface area (Å²) in [6, 6.07) is 5.60. The number of amides is 2. The fourth-order valence-electron chi connectivity index (χ4n) is 3.40. The lowest BCUT2D eigenvalue weighted by molar-refractivity contribution is 0.190. The summed E-state index contributed by atoms with van der Waals surface area (Å²) in [5.41, 5.74) is 2.51. The molecule has 0 spiro atoms. The number of carbonyl (C=O) groups is 1. The van der Waals surface area contributed by atoms with Crippen LogP contribution in [0, 0.1) is 6.92 Å². The van der Waals surface area contributed by atoms with E-state index in [1.165, 1.54) is 6.33 Å². The molecule has 1 aromatic carbocycles. The zero-order valence-corrected chi connectivity index (χ0v) is 15.3. The maximum absolute atomic E-state index is 12.8. The average molecular weight is 367 g/mol. The highest BCUT2D eigenvalue weighted by molar-refractivity contribution is 5.90. The van der Waals surface area contributed by atoms with E-state index < -0.39 is 0 Å². The van der Waals surface area contributed by atoms with Crippen molar-refractivity contribution >= 4 is 11.7 Å². The Morgan fingerprint density at radius 1 is 1.26 bits per heavy atom. The Morgan fingerprint density at radius 2 is 2.15 bits per heavy atom. The first kappa shape index (κ1) is 17.1. The predicted molar refractivity (Wildman–Crippen MR) is 97.5 cm³/mol. The highest BCUT2D eigenvalue weighted by Gasteiger charge is 2.27. The van der Waals surface area contributed by atoms with Gasteiger partial charge in [-0.3, -0.25) is 0 Å². The van der Waals surface area contributed by atoms with Crippen LogP contribution in [0.25, 0.3) is 5.69 Å². The maximum Gasteiger partial charge on any atom is 0.321 e. The van der Waals surface area contributed by atoms with Crippen molar-refractivity contribution in [2.45, 2.75) is 25.7 Å². The lowest BCUT2D eigenvalue weighted by atomic mass is 9.97. The molecule has 1 N–H and O–H groups in total. The second-order valence-corrected chi connectivity index (χ2v) is 6.77. The lowest BCUT2D eigenvalue weighted by Gasteiger charge is -2.32. The Kier molecular flexibility index (Phi) is 4.53. The summed E-state index contributed by atoms with van der Waals surface area (Å²) in [4.78, 5) is 14.7. The Hall–Kier alpha value is -3.30. The third-order valence-electron chi connectivity index (χ3n) is 4.90. The molecule has 3 aromatic rings. The number of tetrazole rings is 1. The van der Waals surface area contributed by atoms with Crippen molar-refractivity contribution in [3.05, 3.63) is 42.2 Å². The average Bonchev–Trinajstić information content (AvgIpc) is 3.35. The third kappa shape index (κ3) is 3.50. The number of piperidine rings is 1. The van der Waals surface area contributed by atoms with Gasteiger partial charge in [0.05, 0.1) is 5.69 Å². The summed E-state index contributed by atoms with van der Waals surface area (Å²) in [7, 11) is 1.93. The molecule has 0 saturated carbocycles. The van der Waals surface area contributed by atoms with E-state index in [0.717, 1.165) is 42.1 Å². The number of benzene rings is 1. The van der Waals surface area contributed by atoms with Gasteiger partial charge in [0.1, 0.15) is 18.5 Å². The number of hydrogen-bond donors (Lipinski definition) is 1. The van der Waals surface area contributed by atoms with Gasteiger partial charge < -0.3 is 14.8 Å². The van der Waals surface area contributed by atoms with Gasteiger partial charge in [-0.15, -0.1) is 15.3 Å². The number of urea groups is 1. The molecule has 1 saturated heterocycles. The second kappa shape index (κ2) is 7.14. The van der Waals surface area contributed by atoms with Gasteiger partial charge >= 0.3 is 6.03 Å². The SMILES string of the molecule is Cc1ccc(-n2cnnn2)cc1NC(=O)N1CCC[C@@H](c2nncn2C)C1. The van der Waals surface area contributed by atoms with E-state index in [1.54, 1.807) is 11.0 Å². The van der Waals surface area contributed by atoms with Crippen molar-refractivity contribution in [1.29, 1.82) is 0 Å². The Morgan fingerprint density at radius 3 is 2.89 bits per heavy atom. The first-order valence-corrected chi connectivity index (χ1v) is 8.85. The minimum Gasteiger partial charge on any atom is -0.324 e. The minimum absolute atomic E-state index is 0.112. The summed E-state index contributed by atoms with van der Waals surface area (Å²) in [6.45, 7) is 3.31. The molecule has 1 aliphatic heterocycles. The van der Waals surface area contributed by atoms with E-state index in [1.807, 2.05) is 41.6 Å². The van der Waals surface area contributed by atoms with Crippen molar-refractivity contribution in [3.8, 4) is 5.69 Å². The molecule has 10 heteroatoms. The van der Waals surface area contributed by atoms with Crippen molar-refractivity contribution in [2.75, 3.05) is 18.4 Å². The molecular weight excluding hydrogens is 346 g/mol. The molecule has 3 heterocycles. The molecule has 1 aliphatic rings. The van der Waals surface area contributed by atoms with Gasteiger partial charge in [0.15, 0.2) is 0 Å². The fraction of sp³-hybridized carbons (Fsp3) is 0.412. The number of aryl methyl sites for hydroxylation is 2. The highest BCUT2D eigenvalue weighted by atomic mass is 16.2. The predicted octanol–water partition coefficient (Wildman–Crippen LogP) is 1.51. The van der Waals surface area contributed by atoms with E-state index >= 15 is 0 Å². The number of likely N-dealkylation sites (tertiary alicyclic amines) is 1. The van der Waals surface area contributed by atoms with Crippen molar-refractivity contribution in [3.63, 3.8) is 0 Å². The zero-order chi connectivity index (χ0) is 18.8. The Bertz CT molecular complexity index is 934. The van der Waals surface area contributed by atoms with Gasteiger partial charge in [0.2, 0.25) is 0 Å². The normalized spacial score (nSPS) is 17.1. The summed E-state index contributed by atoms with van der Waals surface area (Å²) in [5.74, 6) is 1.12. The van der Waals surface area contributed by atoms with E-state index in [-0.39, 0.29) is 11.9 Å². The van der Waals surface area contributed by atoms with Crippen LogP contribution in [0.2, 0.25) is 0 Å². The number of aromatic nitrogens is 7. The van der Waals surface area contributed by atoms with E-state index in [9.17, 15) is 4.79 Å². The molecule has 10 nitrogen and oxygen atoms in total. The van der Waals surface area contributed by atoms with Crippen LogP contribution in [0.4, 0.5) is 10.5 Å². The van der Waals surface area contributed by atoms with Crippen LogP contribution in [0.15, 0.2) is 30.9 Å². The zero-order valence-electron chi connectivity index (χ0n) is 15.3. The van der Waals surface area contributed by atoms with Crippen molar-refractivity contribution in [1.82, 2.24) is 39.9 Å². The summed E-state index contributed by atoms with van der Waals surface area (Å²) in [5, 5.41) is 22.4. The standard InChI is InChI=1S/C17H21N9O/c1-12-5-6-14(26-11-19-22-23-26)8-15(12)20-17(27)25-7-3-4-13(9-25)16-21-18-10-24(16)2/h5-6,8,10-11,13H,3-4,7,9H2,1-2H3,(H,20,27)/t13-/m1/s1. The first-order valence-electron chi connectivity index (χ1n) is 8.85. The number of nitrogens with zero attached hydrogens (tertiary/aromatic N) is 8. The van der Waals surface area contributed by atoms with Gasteiger partial charge in [0, 0.05) is 31.7 Å². The number of carbonyl (C=O) groups excluding carboxylic acids is 1. The highest BCUT2D eigenvalue weighted by Crippen LogP contribution is 2.26. The van der Waals surface area contributed by atoms with Crippen LogP contribution in [0.5, 0.6) is 0 Å². The first-order chi connectivity index (χ1) is 13.1. The molecular formula is C17H21N9O. The van der Waals surface area contributed by atoms with E-state index in [0.29, 0.717) is 6.54 Å². The molecule has 2 amide bonds. The van der Waals surface area contributed by atoms with Crippen molar-refractivity contribution in [2.24, 2.45) is 7.05 Å². The lowest BCUT2D eigenvalue weighted by Crippen LogP contribution is -2.42. The molecule has 27 heavy (non-hydrogen) atoms. The molecule has 2 aromatic heterocycles. The van der Waals surface area contributed by atoms with Gasteiger partial charge in [-0.1, -0.05) is 6.07 Å². The summed E-state index contributed by atoms with van der Waals surface area (Å²) < 4.78 is 3.48. The molecule has 0 unspecified atom stereocenters. The third-order valence-corrected chi connectivity index (χ3v) is 4.90. The van der Waals surface area contributed by atoms with Crippen LogP contribution in [-0.2, 0) is 7.05 Å². The minimum atomic E-state index is -0.112. The molecule has 0 radical (unpaired) electrons. The maximum atomic E-state index is 12.8. The summed E-state index contributed by atoms with van der Waals surface area (Å²) in [6.07, 6.45) is 5.16. The summed E-state index contributed by atoms with van der Waals surface area (Å²) >= 11 is 0. The molecule has 0 bridgehead atoms. The monoisotopic (exact) mass is 367 g/mol. The Labute approximate surface area is 156 Å². The number of rotatable bonds is 3. The molecule has 140 valence electrons. The van der Waals surface area contributed by atoms with Gasteiger partial charge in [-0.05, 0) is 47.9 Å². The topological polar surface area (TPSA) is 107 Å². The Balaban J connectivity index is 1.49. The molecule has 1 fully saturated rings. The fourth-order valence-corrected chi connectivity index (χ4v) is 3.40. The number of nitrogens with one attached hydrogen (secondary N) is 1. The van der Waals surface area contributed by atoms with Crippen LogP contribution in [0.1, 0.15) is 30.1 Å². The van der Waals surface area contributed by atoms with Gasteiger partial charge in [-0.2, -0.15) is 0 Å². The number of hydrogen-bond acceptors (Lipinski definition) is 6. The van der Waals surface area contributed by atoms with Crippen LogP contribution >= 0.6 is 0 Å². The molecule has 0 aliphatic carbocycles. The number of anilines is 1. The van der Waals surface area contributed by atoms with Crippen LogP contribution in [-0.4, -0.2) is 59.0 Å². The van der Waals surface area contributed by atoms with Gasteiger partial charge in [0.25, 0.3) is 0 Å². The van der Waals surface area contributed by atoms with E-state index in [2.05, 4.69) is 31.0 Å². The van der Waals surface area contributed by atoms with E-state index in [4.69, 9.17) is 0 Å². The van der Waals surface area contributed by atoms with Crippen LogP contribution < -0.4 is 5.32 Å². The molecule has 4 rings (SSSR count). The quantitative estimate of drug-likeness (QED) is 0.752. The van der Waals surface area contributed by atoms with Crippen molar-refractivity contribution < 1.29 is 4.79 Å².